The van der Waals surface area contributed by atoms with Gasteiger partial charge in [-0.05, 0) is 6.08 Å². The summed E-state index contributed by atoms with van der Waals surface area (Å²) >= 11 is 1.75. The molecule has 0 aliphatic rings. The molecule has 110 valence electrons. The molecule has 1 aromatic heterocycles. The molecule has 1 rings (SSSR count). The molecule has 9 heteroatoms. The number of anilines is 2. The van der Waals surface area contributed by atoms with Crippen LogP contribution in [0.15, 0.2) is 6.58 Å². The van der Waals surface area contributed by atoms with Crippen LogP contribution < -0.4 is 14.4 Å². The molecule has 0 saturated heterocycles. The second kappa shape index (κ2) is 6.79. The first kappa shape index (κ1) is 17.8. The third-order valence-corrected chi connectivity index (χ3v) is 3.41. The maximum Gasteiger partial charge on any atom is 0.673 e. The predicted molar refractivity (Wildman–Crippen MR) is 74.4 cm³/mol. The molecular weight excluding hydrogens is 281 g/mol. The number of aromatic nitrogens is 1. The molecule has 0 bridgehead atoms. The Bertz CT molecular complexity index is 423. The van der Waals surface area contributed by atoms with E-state index in [1.807, 2.05) is 6.08 Å². The third kappa shape index (κ3) is 5.95. The molecule has 1 heterocycles. The summed E-state index contributed by atoms with van der Waals surface area (Å²) in [6.07, 6.45) is 1.91. The van der Waals surface area contributed by atoms with Gasteiger partial charge in [0.25, 0.3) is 5.13 Å². The Hall–Kier alpha value is -1.25. The van der Waals surface area contributed by atoms with Crippen molar-refractivity contribution in [2.24, 2.45) is 7.05 Å². The Morgan fingerprint density at radius 2 is 1.53 bits per heavy atom. The topological polar surface area (TPSA) is 10.4 Å². The maximum atomic E-state index is 9.75. The average molecular weight is 299 g/mol. The summed E-state index contributed by atoms with van der Waals surface area (Å²) in [5.74, 6) is 1.20. The quantitative estimate of drug-likeness (QED) is 0.482. The largest absolute Gasteiger partial charge is 0.673 e. The number of hydrogen-bond donors (Lipinski definition) is 0. The molecule has 0 N–H and O–H groups in total. The van der Waals surface area contributed by atoms with Crippen LogP contribution in [0.4, 0.5) is 28.2 Å². The average Bonchev–Trinajstić information content (AvgIpc) is 2.52. The van der Waals surface area contributed by atoms with Gasteiger partial charge in [0.1, 0.15) is 4.88 Å². The van der Waals surface area contributed by atoms with Crippen LogP contribution in [0.5, 0.6) is 0 Å². The number of halogens is 4. The summed E-state index contributed by atoms with van der Waals surface area (Å²) < 4.78 is 41.2. The van der Waals surface area contributed by atoms with E-state index in [2.05, 4.69) is 56.2 Å². The van der Waals surface area contributed by atoms with Gasteiger partial charge in [-0.2, -0.15) is 0 Å². The van der Waals surface area contributed by atoms with Gasteiger partial charge >= 0.3 is 7.25 Å². The fourth-order valence-corrected chi connectivity index (χ4v) is 2.61. The van der Waals surface area contributed by atoms with Crippen LogP contribution in [-0.2, 0) is 7.05 Å². The molecule has 0 aliphatic heterocycles. The third-order valence-electron chi connectivity index (χ3n) is 2.02. The molecular formula is C10H18BF4N3S. The summed E-state index contributed by atoms with van der Waals surface area (Å²) in [7, 11) is 4.29. The van der Waals surface area contributed by atoms with Gasteiger partial charge in [0.05, 0.1) is 35.2 Å². The Morgan fingerprint density at radius 1 is 1.11 bits per heavy atom. The van der Waals surface area contributed by atoms with Crippen LogP contribution in [0.2, 0.25) is 0 Å². The van der Waals surface area contributed by atoms with Crippen LogP contribution in [0.3, 0.4) is 0 Å². The predicted octanol–water partition coefficient (Wildman–Crippen LogP) is 2.65. The molecule has 0 aliphatic carbocycles. The van der Waals surface area contributed by atoms with Gasteiger partial charge in [0.2, 0.25) is 5.82 Å². The van der Waals surface area contributed by atoms with Crippen molar-refractivity contribution >= 4 is 35.6 Å². The van der Waals surface area contributed by atoms with Crippen LogP contribution >= 0.6 is 11.3 Å². The van der Waals surface area contributed by atoms with E-state index in [1.165, 1.54) is 15.8 Å². The molecule has 0 radical (unpaired) electrons. The van der Waals surface area contributed by atoms with Gasteiger partial charge in [-0.25, -0.2) is 4.57 Å². The smallest absolute Gasteiger partial charge is 0.418 e. The second-order valence-corrected chi connectivity index (χ2v) is 5.13. The van der Waals surface area contributed by atoms with Gasteiger partial charge in [0.15, 0.2) is 0 Å². The first-order valence-electron chi connectivity index (χ1n) is 5.36. The Morgan fingerprint density at radius 3 is 1.74 bits per heavy atom. The van der Waals surface area contributed by atoms with Gasteiger partial charge in [-0.15, -0.1) is 0 Å². The first-order valence-corrected chi connectivity index (χ1v) is 6.18. The fourth-order valence-electron chi connectivity index (χ4n) is 1.51. The van der Waals surface area contributed by atoms with Gasteiger partial charge in [-0.3, -0.25) is 9.80 Å². The molecule has 0 amide bonds. The highest BCUT2D eigenvalue weighted by Crippen LogP contribution is 2.28. The van der Waals surface area contributed by atoms with E-state index in [0.29, 0.717) is 0 Å². The molecule has 19 heavy (non-hydrogen) atoms. The van der Waals surface area contributed by atoms with Crippen molar-refractivity contribution in [2.75, 3.05) is 38.0 Å². The molecule has 0 spiro atoms. The summed E-state index contributed by atoms with van der Waals surface area (Å²) in [6, 6.07) is 0. The summed E-state index contributed by atoms with van der Waals surface area (Å²) in [4.78, 5) is 5.44. The van der Waals surface area contributed by atoms with Crippen molar-refractivity contribution in [1.82, 2.24) is 0 Å². The molecule has 0 unspecified atom stereocenters. The Kier molecular flexibility index (Phi) is 6.34. The van der Waals surface area contributed by atoms with Gasteiger partial charge in [0, 0.05) is 0 Å². The summed E-state index contributed by atoms with van der Waals surface area (Å²) in [6.45, 7) is 3.84. The lowest BCUT2D eigenvalue weighted by molar-refractivity contribution is -0.641. The Labute approximate surface area is 114 Å². The molecule has 1 aromatic rings. The van der Waals surface area contributed by atoms with E-state index in [9.17, 15) is 17.3 Å². The number of nitrogens with zero attached hydrogens (tertiary/aromatic N) is 3. The second-order valence-electron chi connectivity index (χ2n) is 4.12. The van der Waals surface area contributed by atoms with Crippen LogP contribution in [0, 0.1) is 0 Å². The van der Waals surface area contributed by atoms with Crippen molar-refractivity contribution in [3.8, 4) is 0 Å². The molecule has 0 saturated carbocycles. The highest BCUT2D eigenvalue weighted by atomic mass is 32.1. The van der Waals surface area contributed by atoms with E-state index in [1.54, 1.807) is 11.3 Å². The molecule has 0 aromatic carbocycles. The normalized spacial score (nSPS) is 10.6. The van der Waals surface area contributed by atoms with Crippen molar-refractivity contribution < 1.29 is 21.8 Å². The first-order chi connectivity index (χ1) is 8.49. The number of thiazole rings is 1. The Balaban J connectivity index is 0.000000555. The van der Waals surface area contributed by atoms with E-state index in [0.717, 1.165) is 0 Å². The van der Waals surface area contributed by atoms with E-state index < -0.39 is 7.25 Å². The van der Waals surface area contributed by atoms with Gasteiger partial charge < -0.3 is 17.3 Å². The van der Waals surface area contributed by atoms with Crippen LogP contribution in [0.1, 0.15) is 4.88 Å². The zero-order chi connectivity index (χ0) is 15.4. The lowest BCUT2D eigenvalue weighted by atomic mass is 10.3. The standard InChI is InChI=1S/C10H18N3S.BF4/c1-7-8-9(11(2)3)13(6)10(14-8)12(4)5;2-1(3,4)5/h7H,1H2,2-6H3;/q+1;-1. The SMILES string of the molecule is C=Cc1sc(N(C)C)[n+](C)c1N(C)C.F[B-](F)(F)F. The highest BCUT2D eigenvalue weighted by Gasteiger charge is 2.21. The van der Waals surface area contributed by atoms with Crippen molar-refractivity contribution in [3.05, 3.63) is 11.5 Å². The highest BCUT2D eigenvalue weighted by molar-refractivity contribution is 7.16. The summed E-state index contributed by atoms with van der Waals surface area (Å²) in [5.41, 5.74) is 0. The zero-order valence-electron chi connectivity index (χ0n) is 11.6. The van der Waals surface area contributed by atoms with E-state index in [4.69, 9.17) is 0 Å². The van der Waals surface area contributed by atoms with Crippen LogP contribution in [0.25, 0.3) is 6.08 Å². The lowest BCUT2D eigenvalue weighted by Gasteiger charge is -2.09. The maximum absolute atomic E-state index is 9.75. The number of hydrogen-bond acceptors (Lipinski definition) is 3. The summed E-state index contributed by atoms with van der Waals surface area (Å²) in [5, 5.41) is 1.23. The van der Waals surface area contributed by atoms with Gasteiger partial charge in [-0.1, -0.05) is 17.9 Å². The minimum Gasteiger partial charge on any atom is -0.418 e. The molecule has 0 fully saturated rings. The number of rotatable bonds is 3. The minimum absolute atomic E-state index is 1.20. The lowest BCUT2D eigenvalue weighted by Crippen LogP contribution is -2.38. The zero-order valence-corrected chi connectivity index (χ0v) is 12.4. The van der Waals surface area contributed by atoms with Crippen molar-refractivity contribution in [3.63, 3.8) is 0 Å². The molecule has 3 nitrogen and oxygen atoms in total. The molecule has 0 atom stereocenters. The fraction of sp³-hybridized carbons (Fsp3) is 0.500. The van der Waals surface area contributed by atoms with Crippen molar-refractivity contribution in [1.29, 1.82) is 0 Å². The van der Waals surface area contributed by atoms with Crippen molar-refractivity contribution in [2.45, 2.75) is 0 Å². The monoisotopic (exact) mass is 299 g/mol. The van der Waals surface area contributed by atoms with E-state index >= 15 is 0 Å². The van der Waals surface area contributed by atoms with E-state index in [-0.39, 0.29) is 0 Å². The minimum atomic E-state index is -6.00. The van der Waals surface area contributed by atoms with Crippen LogP contribution in [-0.4, -0.2) is 35.4 Å².